The van der Waals surface area contributed by atoms with Gasteiger partial charge in [0.2, 0.25) is 0 Å². The lowest BCUT2D eigenvalue weighted by Crippen LogP contribution is -2.57. The van der Waals surface area contributed by atoms with E-state index in [2.05, 4.69) is 13.8 Å². The monoisotopic (exact) mass is 404 g/mol. The van der Waals surface area contributed by atoms with E-state index in [-0.39, 0.29) is 16.6 Å². The number of ketones is 2. The molecular weight excluding hydrogens is 364 g/mol. The lowest BCUT2D eigenvalue weighted by atomic mass is 9.46. The van der Waals surface area contributed by atoms with E-state index in [1.54, 1.807) is 6.92 Å². The Bertz CT molecular complexity index is 680. The maximum atomic E-state index is 12.2. The second-order valence-electron chi connectivity index (χ2n) is 10.2. The fourth-order valence-electron chi connectivity index (χ4n) is 7.36. The lowest BCUT2D eigenvalue weighted by molar-refractivity contribution is -0.160. The maximum absolute atomic E-state index is 12.2. The summed E-state index contributed by atoms with van der Waals surface area (Å²) in [6, 6.07) is 0. The normalized spacial score (nSPS) is 43.3. The van der Waals surface area contributed by atoms with Gasteiger partial charge in [-0.25, -0.2) is 0 Å². The second-order valence-corrected chi connectivity index (χ2v) is 10.2. The van der Waals surface area contributed by atoms with Crippen LogP contribution in [0.1, 0.15) is 86.0 Å². The number of allylic oxidation sites excluding steroid dienone is 1. The SMILES string of the molecule is CC(=O)[C@@]1(O)CC[C@H]2[C@@H]3CCC4=CC(=O)CC[C@]4(C)[C@H]3CC[C@@]21C.CCOCC. The number of carbonyl (C=O) groups excluding carboxylic acids is 2. The molecule has 0 spiro atoms. The van der Waals surface area contributed by atoms with Crippen molar-refractivity contribution >= 4 is 11.6 Å². The molecule has 0 aromatic heterocycles. The molecule has 0 amide bonds. The smallest absolute Gasteiger partial charge is 0.161 e. The summed E-state index contributed by atoms with van der Waals surface area (Å²) in [5.41, 5.74) is 0.155. The van der Waals surface area contributed by atoms with Crippen LogP contribution in [0.2, 0.25) is 0 Å². The average Bonchev–Trinajstić information content (AvgIpc) is 2.96. The number of rotatable bonds is 3. The molecule has 0 aromatic carbocycles. The molecule has 164 valence electrons. The maximum Gasteiger partial charge on any atom is 0.161 e. The summed E-state index contributed by atoms with van der Waals surface area (Å²) in [6.45, 7) is 11.8. The first-order valence-electron chi connectivity index (χ1n) is 11.7. The van der Waals surface area contributed by atoms with Crippen LogP contribution in [0.4, 0.5) is 0 Å². The molecule has 0 unspecified atom stereocenters. The van der Waals surface area contributed by atoms with E-state index in [0.717, 1.165) is 51.7 Å². The van der Waals surface area contributed by atoms with E-state index in [4.69, 9.17) is 4.74 Å². The predicted octanol–water partition coefficient (Wildman–Crippen LogP) is 4.88. The Kier molecular flexibility index (Phi) is 6.46. The van der Waals surface area contributed by atoms with Crippen LogP contribution in [0.5, 0.6) is 0 Å². The van der Waals surface area contributed by atoms with Gasteiger partial charge in [-0.05, 0) is 95.0 Å². The third kappa shape index (κ3) is 3.54. The topological polar surface area (TPSA) is 63.6 Å². The van der Waals surface area contributed by atoms with Gasteiger partial charge in [-0.15, -0.1) is 0 Å². The van der Waals surface area contributed by atoms with Gasteiger partial charge in [0.1, 0.15) is 5.60 Å². The van der Waals surface area contributed by atoms with Crippen molar-refractivity contribution in [2.75, 3.05) is 13.2 Å². The van der Waals surface area contributed by atoms with E-state index in [9.17, 15) is 14.7 Å². The summed E-state index contributed by atoms with van der Waals surface area (Å²) < 4.78 is 4.83. The molecule has 4 aliphatic carbocycles. The van der Waals surface area contributed by atoms with Crippen LogP contribution in [0, 0.1) is 28.6 Å². The number of hydrogen-bond acceptors (Lipinski definition) is 4. The minimum atomic E-state index is -1.12. The first-order valence-corrected chi connectivity index (χ1v) is 11.7. The highest BCUT2D eigenvalue weighted by Gasteiger charge is 2.65. The van der Waals surface area contributed by atoms with Crippen LogP contribution in [0.25, 0.3) is 0 Å². The Morgan fingerprint density at radius 1 is 1.07 bits per heavy atom. The molecule has 0 saturated heterocycles. The molecule has 0 radical (unpaired) electrons. The molecule has 6 atom stereocenters. The van der Waals surface area contributed by atoms with E-state index in [1.165, 1.54) is 5.57 Å². The highest BCUT2D eigenvalue weighted by atomic mass is 16.5. The second kappa shape index (κ2) is 8.26. The minimum Gasteiger partial charge on any atom is -0.382 e. The molecule has 4 aliphatic rings. The van der Waals surface area contributed by atoms with Gasteiger partial charge in [0.25, 0.3) is 0 Å². The molecule has 1 N–H and O–H groups in total. The Morgan fingerprint density at radius 2 is 1.72 bits per heavy atom. The zero-order valence-electron chi connectivity index (χ0n) is 19.1. The van der Waals surface area contributed by atoms with Gasteiger partial charge >= 0.3 is 0 Å². The van der Waals surface area contributed by atoms with E-state index < -0.39 is 5.60 Å². The highest BCUT2D eigenvalue weighted by molar-refractivity contribution is 5.91. The van der Waals surface area contributed by atoms with Crippen LogP contribution in [0.15, 0.2) is 11.6 Å². The van der Waals surface area contributed by atoms with Crippen LogP contribution in [-0.2, 0) is 14.3 Å². The van der Waals surface area contributed by atoms with Crippen LogP contribution in [-0.4, -0.2) is 35.5 Å². The molecule has 0 bridgehead atoms. The highest BCUT2D eigenvalue weighted by Crippen LogP contribution is 2.67. The minimum absolute atomic E-state index is 0.0446. The number of ether oxygens (including phenoxy) is 1. The zero-order valence-corrected chi connectivity index (χ0v) is 19.1. The Morgan fingerprint density at radius 3 is 2.31 bits per heavy atom. The number of carbonyl (C=O) groups is 2. The summed E-state index contributed by atoms with van der Waals surface area (Å²) in [6.07, 6.45) is 9.37. The van der Waals surface area contributed by atoms with Crippen molar-refractivity contribution in [3.8, 4) is 0 Å². The largest absolute Gasteiger partial charge is 0.382 e. The number of Topliss-reactive ketones (excluding diaryl/α,β-unsaturated/α-hetero) is 1. The third-order valence-corrected chi connectivity index (χ3v) is 9.10. The fraction of sp³-hybridized carbons (Fsp3) is 0.840. The molecule has 3 saturated carbocycles. The Hall–Kier alpha value is -1.00. The van der Waals surface area contributed by atoms with Gasteiger partial charge in [0, 0.05) is 25.0 Å². The van der Waals surface area contributed by atoms with Gasteiger partial charge in [-0.3, -0.25) is 9.59 Å². The summed E-state index contributed by atoms with van der Waals surface area (Å²) in [5.74, 6) is 1.90. The summed E-state index contributed by atoms with van der Waals surface area (Å²) in [5, 5.41) is 11.1. The van der Waals surface area contributed by atoms with Crippen molar-refractivity contribution in [1.82, 2.24) is 0 Å². The van der Waals surface area contributed by atoms with Gasteiger partial charge in [-0.1, -0.05) is 19.4 Å². The quantitative estimate of drug-likeness (QED) is 0.728. The number of fused-ring (bicyclic) bond motifs is 5. The zero-order chi connectivity index (χ0) is 21.4. The summed E-state index contributed by atoms with van der Waals surface area (Å²) in [4.78, 5) is 24.1. The van der Waals surface area contributed by atoms with Gasteiger partial charge < -0.3 is 9.84 Å². The van der Waals surface area contributed by atoms with Crippen molar-refractivity contribution in [2.45, 2.75) is 91.6 Å². The Labute approximate surface area is 176 Å². The van der Waals surface area contributed by atoms with Crippen molar-refractivity contribution in [2.24, 2.45) is 28.6 Å². The molecule has 0 aliphatic heterocycles. The molecule has 3 fully saturated rings. The van der Waals surface area contributed by atoms with Crippen LogP contribution < -0.4 is 0 Å². The number of aliphatic hydroxyl groups is 1. The van der Waals surface area contributed by atoms with Crippen molar-refractivity contribution in [3.05, 3.63) is 11.6 Å². The van der Waals surface area contributed by atoms with E-state index in [1.807, 2.05) is 19.9 Å². The Balaban J connectivity index is 0.000000431. The summed E-state index contributed by atoms with van der Waals surface area (Å²) in [7, 11) is 0. The third-order valence-electron chi connectivity index (χ3n) is 9.10. The van der Waals surface area contributed by atoms with Gasteiger partial charge in [0.05, 0.1) is 0 Å². The molecule has 29 heavy (non-hydrogen) atoms. The number of hydrogen-bond donors (Lipinski definition) is 1. The van der Waals surface area contributed by atoms with Crippen LogP contribution in [0.3, 0.4) is 0 Å². The fourth-order valence-corrected chi connectivity index (χ4v) is 7.36. The average molecular weight is 405 g/mol. The standard InChI is InChI=1S/C21H30O3.C4H10O/c1-13(22)21(24)11-8-18-16-5-4-14-12-15(23)6-9-19(14,2)17(16)7-10-20(18,21)3;1-3-5-4-2/h12,16-18,24H,4-11H2,1-3H3;3-4H2,1-2H3/t16-,17+,18+,19+,20+,21+;/m1./s1. The van der Waals surface area contributed by atoms with Gasteiger partial charge in [-0.2, -0.15) is 0 Å². The lowest BCUT2D eigenvalue weighted by Gasteiger charge is -2.58. The van der Waals surface area contributed by atoms with Crippen molar-refractivity contribution in [1.29, 1.82) is 0 Å². The predicted molar refractivity (Wildman–Crippen MR) is 115 cm³/mol. The van der Waals surface area contributed by atoms with Gasteiger partial charge in [0.15, 0.2) is 11.6 Å². The van der Waals surface area contributed by atoms with Crippen molar-refractivity contribution < 1.29 is 19.4 Å². The molecule has 0 aromatic rings. The molecule has 4 nitrogen and oxygen atoms in total. The van der Waals surface area contributed by atoms with E-state index >= 15 is 0 Å². The molecule has 0 heterocycles. The first kappa shape index (κ1) is 22.7. The summed E-state index contributed by atoms with van der Waals surface area (Å²) >= 11 is 0. The van der Waals surface area contributed by atoms with Crippen molar-refractivity contribution in [3.63, 3.8) is 0 Å². The molecule has 4 rings (SSSR count). The first-order chi connectivity index (χ1) is 13.6. The van der Waals surface area contributed by atoms with Crippen LogP contribution >= 0.6 is 0 Å². The molecule has 4 heteroatoms. The molecular formula is C25H40O4. The van der Waals surface area contributed by atoms with E-state index in [0.29, 0.717) is 36.4 Å².